The molecule has 1 aliphatic rings. The highest BCUT2D eigenvalue weighted by Crippen LogP contribution is 2.13. The number of carbonyl (C=O) groups is 2. The van der Waals surface area contributed by atoms with Crippen LogP contribution in [0, 0.1) is 0 Å². The molecule has 1 saturated heterocycles. The van der Waals surface area contributed by atoms with Gasteiger partial charge in [0.1, 0.15) is 6.04 Å². The molecule has 1 rings (SSSR count). The van der Waals surface area contributed by atoms with Crippen molar-refractivity contribution in [3.05, 3.63) is 0 Å². The summed E-state index contributed by atoms with van der Waals surface area (Å²) in [5, 5.41) is 2.30. The third-order valence-corrected chi connectivity index (χ3v) is 2.04. The maximum atomic E-state index is 10.7. The van der Waals surface area contributed by atoms with Crippen LogP contribution in [0.25, 0.3) is 0 Å². The van der Waals surface area contributed by atoms with E-state index in [0.717, 1.165) is 11.8 Å². The largest absolute Gasteiger partial charge is 0.467 e. The Balaban J connectivity index is 2.44. The van der Waals surface area contributed by atoms with E-state index in [-0.39, 0.29) is 11.2 Å². The molecule has 1 atom stereocenters. The summed E-state index contributed by atoms with van der Waals surface area (Å²) in [5.74, 6) is 0.101. The fraction of sp³-hybridized carbons (Fsp3) is 0.600. The molecule has 0 aromatic heterocycles. The molecule has 56 valence electrons. The molecule has 0 aromatic carbocycles. The first-order chi connectivity index (χ1) is 4.74. The van der Waals surface area contributed by atoms with Crippen molar-refractivity contribution in [1.82, 2.24) is 5.32 Å². The standard InChI is InChI=1S/C5H7NO3S/c1-9-4(7)3-2-10-5(8)6-3/h3H,2H2,1H3,(H,6,8). The van der Waals surface area contributed by atoms with E-state index < -0.39 is 6.04 Å². The van der Waals surface area contributed by atoms with E-state index in [1.807, 2.05) is 0 Å². The summed E-state index contributed by atoms with van der Waals surface area (Å²) < 4.78 is 4.42. The Hall–Kier alpha value is -0.710. The van der Waals surface area contributed by atoms with E-state index in [0.29, 0.717) is 5.75 Å². The fourth-order valence-electron chi connectivity index (χ4n) is 0.654. The molecule has 1 amide bonds. The third kappa shape index (κ3) is 1.41. The number of carbonyl (C=O) groups excluding carboxylic acids is 2. The second-order valence-electron chi connectivity index (χ2n) is 1.82. The molecule has 1 N–H and O–H groups in total. The zero-order chi connectivity index (χ0) is 7.56. The van der Waals surface area contributed by atoms with Crippen molar-refractivity contribution in [2.24, 2.45) is 0 Å². The van der Waals surface area contributed by atoms with Crippen molar-refractivity contribution in [2.75, 3.05) is 12.9 Å². The lowest BCUT2D eigenvalue weighted by atomic mass is 10.3. The summed E-state index contributed by atoms with van der Waals surface area (Å²) in [4.78, 5) is 21.2. The van der Waals surface area contributed by atoms with Crippen LogP contribution < -0.4 is 5.32 Å². The quantitative estimate of drug-likeness (QED) is 0.549. The number of methoxy groups -OCH3 is 1. The molecule has 4 nitrogen and oxygen atoms in total. The first-order valence-electron chi connectivity index (χ1n) is 2.75. The molecule has 0 saturated carbocycles. The lowest BCUT2D eigenvalue weighted by Gasteiger charge is -2.03. The topological polar surface area (TPSA) is 55.4 Å². The van der Waals surface area contributed by atoms with Crippen LogP contribution in [0.1, 0.15) is 0 Å². The average Bonchev–Trinajstić information content (AvgIpc) is 2.34. The average molecular weight is 161 g/mol. The zero-order valence-electron chi connectivity index (χ0n) is 5.42. The summed E-state index contributed by atoms with van der Waals surface area (Å²) in [6.45, 7) is 0. The minimum Gasteiger partial charge on any atom is -0.467 e. The van der Waals surface area contributed by atoms with E-state index in [2.05, 4.69) is 10.1 Å². The molecular formula is C5H7NO3S. The molecule has 0 radical (unpaired) electrons. The second kappa shape index (κ2) is 2.92. The third-order valence-electron chi connectivity index (χ3n) is 1.16. The van der Waals surface area contributed by atoms with E-state index in [4.69, 9.17) is 0 Å². The number of ether oxygens (including phenoxy) is 1. The normalized spacial score (nSPS) is 24.1. The molecule has 0 bridgehead atoms. The fourth-order valence-corrected chi connectivity index (χ4v) is 1.42. The highest BCUT2D eigenvalue weighted by Gasteiger charge is 2.28. The first kappa shape index (κ1) is 7.40. The Bertz CT molecular complexity index is 170. The smallest absolute Gasteiger partial charge is 0.329 e. The summed E-state index contributed by atoms with van der Waals surface area (Å²) in [7, 11) is 1.30. The minimum absolute atomic E-state index is 0.157. The van der Waals surface area contributed by atoms with Gasteiger partial charge in [-0.15, -0.1) is 0 Å². The highest BCUT2D eigenvalue weighted by molar-refractivity contribution is 8.14. The van der Waals surface area contributed by atoms with Gasteiger partial charge in [-0.3, -0.25) is 4.79 Å². The number of hydrogen-bond donors (Lipinski definition) is 1. The maximum Gasteiger partial charge on any atom is 0.329 e. The minimum atomic E-state index is -0.442. The number of thioether (sulfide) groups is 1. The van der Waals surface area contributed by atoms with Gasteiger partial charge in [0.25, 0.3) is 5.24 Å². The van der Waals surface area contributed by atoms with Gasteiger partial charge in [-0.05, 0) is 0 Å². The second-order valence-corrected chi connectivity index (χ2v) is 2.81. The molecular weight excluding hydrogens is 154 g/mol. The molecule has 5 heteroatoms. The van der Waals surface area contributed by atoms with Crippen molar-refractivity contribution in [1.29, 1.82) is 0 Å². The van der Waals surface area contributed by atoms with Crippen molar-refractivity contribution in [3.8, 4) is 0 Å². The Kier molecular flexibility index (Phi) is 2.16. The number of nitrogens with one attached hydrogen (secondary N) is 1. The van der Waals surface area contributed by atoms with Crippen LogP contribution in [0.2, 0.25) is 0 Å². The van der Waals surface area contributed by atoms with Gasteiger partial charge < -0.3 is 10.1 Å². The lowest BCUT2D eigenvalue weighted by molar-refractivity contribution is -0.142. The molecule has 10 heavy (non-hydrogen) atoms. The zero-order valence-corrected chi connectivity index (χ0v) is 6.23. The van der Waals surface area contributed by atoms with Crippen molar-refractivity contribution >= 4 is 23.0 Å². The summed E-state index contributed by atoms with van der Waals surface area (Å²) in [6, 6.07) is -0.442. The van der Waals surface area contributed by atoms with Crippen LogP contribution in [0.15, 0.2) is 0 Å². The van der Waals surface area contributed by atoms with Crippen LogP contribution in [0.3, 0.4) is 0 Å². The predicted molar refractivity (Wildman–Crippen MR) is 36.8 cm³/mol. The van der Waals surface area contributed by atoms with E-state index in [1.54, 1.807) is 0 Å². The van der Waals surface area contributed by atoms with Gasteiger partial charge in [0.05, 0.1) is 7.11 Å². The van der Waals surface area contributed by atoms with Gasteiger partial charge >= 0.3 is 5.97 Å². The van der Waals surface area contributed by atoms with Gasteiger partial charge in [0, 0.05) is 5.75 Å². The summed E-state index contributed by atoms with van der Waals surface area (Å²) in [6.07, 6.45) is 0. The summed E-state index contributed by atoms with van der Waals surface area (Å²) >= 11 is 1.10. The Morgan fingerprint density at radius 3 is 3.00 bits per heavy atom. The van der Waals surface area contributed by atoms with E-state index in [9.17, 15) is 9.59 Å². The predicted octanol–water partition coefficient (Wildman–Crippen LogP) is -0.0156. The lowest BCUT2D eigenvalue weighted by Crippen LogP contribution is -2.35. The Morgan fingerprint density at radius 2 is 2.60 bits per heavy atom. The number of esters is 1. The number of amides is 1. The highest BCUT2D eigenvalue weighted by atomic mass is 32.2. The van der Waals surface area contributed by atoms with Crippen LogP contribution in [0.5, 0.6) is 0 Å². The van der Waals surface area contributed by atoms with Crippen LogP contribution >= 0.6 is 11.8 Å². The SMILES string of the molecule is COC(=O)C1CSC(=O)N1. The van der Waals surface area contributed by atoms with Crippen LogP contribution in [-0.2, 0) is 9.53 Å². The van der Waals surface area contributed by atoms with Gasteiger partial charge in [-0.1, -0.05) is 11.8 Å². The molecule has 1 unspecified atom stereocenters. The molecule has 0 aromatic rings. The van der Waals surface area contributed by atoms with Gasteiger partial charge in [-0.25, -0.2) is 4.79 Å². The van der Waals surface area contributed by atoms with Gasteiger partial charge in [0.2, 0.25) is 0 Å². The molecule has 1 heterocycles. The van der Waals surface area contributed by atoms with Gasteiger partial charge in [0.15, 0.2) is 0 Å². The Morgan fingerprint density at radius 1 is 1.90 bits per heavy atom. The first-order valence-corrected chi connectivity index (χ1v) is 3.73. The number of hydrogen-bond acceptors (Lipinski definition) is 4. The van der Waals surface area contributed by atoms with E-state index >= 15 is 0 Å². The molecule has 0 aliphatic carbocycles. The number of rotatable bonds is 1. The maximum absolute atomic E-state index is 10.7. The van der Waals surface area contributed by atoms with Crippen LogP contribution in [0.4, 0.5) is 4.79 Å². The molecule has 1 fully saturated rings. The van der Waals surface area contributed by atoms with E-state index in [1.165, 1.54) is 7.11 Å². The van der Waals surface area contributed by atoms with Crippen molar-refractivity contribution in [3.63, 3.8) is 0 Å². The van der Waals surface area contributed by atoms with Gasteiger partial charge in [-0.2, -0.15) is 0 Å². The van der Waals surface area contributed by atoms with Crippen LogP contribution in [-0.4, -0.2) is 30.1 Å². The summed E-state index contributed by atoms with van der Waals surface area (Å²) in [5.41, 5.74) is 0. The van der Waals surface area contributed by atoms with Crippen molar-refractivity contribution in [2.45, 2.75) is 6.04 Å². The molecule has 0 spiro atoms. The monoisotopic (exact) mass is 161 g/mol. The Labute approximate surface area is 62.3 Å². The molecule has 1 aliphatic heterocycles. The van der Waals surface area contributed by atoms with Crippen molar-refractivity contribution < 1.29 is 14.3 Å².